The van der Waals surface area contributed by atoms with Crippen molar-refractivity contribution >= 4 is 5.91 Å². The SMILES string of the molecule is CC(NC(=O)c1ccc2c(c1)CNC2)c1ccccc1OC(F)F. The standard InChI is InChI=1S/C18H18F2N2O2/c1-11(15-4-2-3-5-16(15)24-18(19)20)22-17(23)12-6-7-13-9-21-10-14(13)8-12/h2-8,11,18,21H,9-10H2,1H3,(H,22,23). The minimum atomic E-state index is -2.90. The van der Waals surface area contributed by atoms with Gasteiger partial charge in [0.1, 0.15) is 5.75 Å². The van der Waals surface area contributed by atoms with Crippen molar-refractivity contribution in [3.8, 4) is 5.75 Å². The molecule has 126 valence electrons. The lowest BCUT2D eigenvalue weighted by Gasteiger charge is -2.18. The van der Waals surface area contributed by atoms with Crippen molar-refractivity contribution in [1.82, 2.24) is 10.6 Å². The maximum Gasteiger partial charge on any atom is 0.387 e. The monoisotopic (exact) mass is 332 g/mol. The van der Waals surface area contributed by atoms with Gasteiger partial charge in [-0.25, -0.2) is 0 Å². The molecular weight excluding hydrogens is 314 g/mol. The molecule has 1 atom stereocenters. The molecule has 2 N–H and O–H groups in total. The zero-order chi connectivity index (χ0) is 17.1. The van der Waals surface area contributed by atoms with Crippen LogP contribution in [0.25, 0.3) is 0 Å². The van der Waals surface area contributed by atoms with Crippen LogP contribution in [-0.2, 0) is 13.1 Å². The Labute approximate surface area is 138 Å². The number of carbonyl (C=O) groups is 1. The maximum atomic E-state index is 12.5. The van der Waals surface area contributed by atoms with Gasteiger partial charge in [0.05, 0.1) is 6.04 Å². The zero-order valence-electron chi connectivity index (χ0n) is 13.2. The van der Waals surface area contributed by atoms with Crippen molar-refractivity contribution in [1.29, 1.82) is 0 Å². The summed E-state index contributed by atoms with van der Waals surface area (Å²) < 4.78 is 29.5. The molecular formula is C18H18F2N2O2. The number of hydrogen-bond acceptors (Lipinski definition) is 3. The number of alkyl halides is 2. The van der Waals surface area contributed by atoms with Gasteiger partial charge in [-0.15, -0.1) is 0 Å². The minimum absolute atomic E-state index is 0.0680. The molecule has 1 amide bonds. The lowest BCUT2D eigenvalue weighted by Crippen LogP contribution is -2.27. The first-order valence-electron chi connectivity index (χ1n) is 7.71. The summed E-state index contributed by atoms with van der Waals surface area (Å²) in [5.41, 5.74) is 3.36. The van der Waals surface area contributed by atoms with E-state index in [1.807, 2.05) is 12.1 Å². The average molecular weight is 332 g/mol. The highest BCUT2D eigenvalue weighted by molar-refractivity contribution is 5.94. The van der Waals surface area contributed by atoms with Crippen LogP contribution in [0, 0.1) is 0 Å². The number of para-hydroxylation sites is 1. The van der Waals surface area contributed by atoms with Gasteiger partial charge in [0.15, 0.2) is 0 Å². The lowest BCUT2D eigenvalue weighted by molar-refractivity contribution is -0.0506. The van der Waals surface area contributed by atoms with Gasteiger partial charge in [0.25, 0.3) is 5.91 Å². The van der Waals surface area contributed by atoms with Crippen LogP contribution in [0.15, 0.2) is 42.5 Å². The highest BCUT2D eigenvalue weighted by Gasteiger charge is 2.18. The molecule has 0 aliphatic carbocycles. The van der Waals surface area contributed by atoms with Crippen LogP contribution in [0.1, 0.15) is 40.0 Å². The van der Waals surface area contributed by atoms with Gasteiger partial charge >= 0.3 is 6.61 Å². The van der Waals surface area contributed by atoms with Crippen molar-refractivity contribution in [3.05, 3.63) is 64.7 Å². The number of rotatable bonds is 5. The minimum Gasteiger partial charge on any atom is -0.434 e. The highest BCUT2D eigenvalue weighted by atomic mass is 19.3. The first kappa shape index (κ1) is 16.4. The molecule has 1 heterocycles. The Morgan fingerprint density at radius 3 is 2.71 bits per heavy atom. The number of nitrogens with one attached hydrogen (secondary N) is 2. The molecule has 3 rings (SSSR count). The third-order valence-corrected chi connectivity index (χ3v) is 4.05. The summed E-state index contributed by atoms with van der Waals surface area (Å²) in [4.78, 5) is 12.4. The second-order valence-corrected chi connectivity index (χ2v) is 5.70. The number of hydrogen-bond donors (Lipinski definition) is 2. The summed E-state index contributed by atoms with van der Waals surface area (Å²) in [6.07, 6.45) is 0. The van der Waals surface area contributed by atoms with Crippen molar-refractivity contribution in [2.45, 2.75) is 32.7 Å². The van der Waals surface area contributed by atoms with Gasteiger partial charge in [0, 0.05) is 24.2 Å². The van der Waals surface area contributed by atoms with Crippen LogP contribution in [0.4, 0.5) is 8.78 Å². The topological polar surface area (TPSA) is 50.4 Å². The molecule has 0 bridgehead atoms. The molecule has 6 heteroatoms. The third-order valence-electron chi connectivity index (χ3n) is 4.05. The van der Waals surface area contributed by atoms with E-state index in [-0.39, 0.29) is 11.7 Å². The van der Waals surface area contributed by atoms with Gasteiger partial charge < -0.3 is 15.4 Å². The second-order valence-electron chi connectivity index (χ2n) is 5.70. The molecule has 2 aromatic rings. The summed E-state index contributed by atoms with van der Waals surface area (Å²) in [6.45, 7) is 0.391. The smallest absolute Gasteiger partial charge is 0.387 e. The molecule has 1 aliphatic rings. The maximum absolute atomic E-state index is 12.5. The predicted octanol–water partition coefficient (Wildman–Crippen LogP) is 3.38. The van der Waals surface area contributed by atoms with E-state index in [9.17, 15) is 13.6 Å². The first-order chi connectivity index (χ1) is 11.5. The predicted molar refractivity (Wildman–Crippen MR) is 85.9 cm³/mol. The van der Waals surface area contributed by atoms with Crippen LogP contribution in [0.5, 0.6) is 5.75 Å². The van der Waals surface area contributed by atoms with E-state index >= 15 is 0 Å². The lowest BCUT2D eigenvalue weighted by atomic mass is 10.0. The number of carbonyl (C=O) groups excluding carboxylic acids is 1. The Kier molecular flexibility index (Phi) is 4.76. The number of fused-ring (bicyclic) bond motifs is 1. The Balaban J connectivity index is 1.75. The van der Waals surface area contributed by atoms with E-state index in [2.05, 4.69) is 15.4 Å². The molecule has 2 aromatic carbocycles. The van der Waals surface area contributed by atoms with Gasteiger partial charge in [0.2, 0.25) is 0 Å². The average Bonchev–Trinajstić information content (AvgIpc) is 3.02. The summed E-state index contributed by atoms with van der Waals surface area (Å²) >= 11 is 0. The summed E-state index contributed by atoms with van der Waals surface area (Å²) in [6, 6.07) is 11.6. The number of halogens is 2. The van der Waals surface area contributed by atoms with Crippen molar-refractivity contribution < 1.29 is 18.3 Å². The van der Waals surface area contributed by atoms with E-state index in [4.69, 9.17) is 0 Å². The van der Waals surface area contributed by atoms with E-state index in [1.165, 1.54) is 11.6 Å². The fourth-order valence-corrected chi connectivity index (χ4v) is 2.84. The number of benzene rings is 2. The normalized spacial score (nSPS) is 14.3. The van der Waals surface area contributed by atoms with Crippen LogP contribution < -0.4 is 15.4 Å². The quantitative estimate of drug-likeness (QED) is 0.882. The Bertz CT molecular complexity index is 750. The molecule has 0 saturated heterocycles. The molecule has 1 aliphatic heterocycles. The van der Waals surface area contributed by atoms with Gasteiger partial charge in [-0.3, -0.25) is 4.79 Å². The first-order valence-corrected chi connectivity index (χ1v) is 7.71. The molecule has 24 heavy (non-hydrogen) atoms. The van der Waals surface area contributed by atoms with E-state index in [0.717, 1.165) is 18.7 Å². The Morgan fingerprint density at radius 1 is 1.17 bits per heavy atom. The van der Waals surface area contributed by atoms with Crippen molar-refractivity contribution in [3.63, 3.8) is 0 Å². The van der Waals surface area contributed by atoms with Gasteiger partial charge in [-0.1, -0.05) is 24.3 Å². The molecule has 0 spiro atoms. The highest BCUT2D eigenvalue weighted by Crippen LogP contribution is 2.26. The van der Waals surface area contributed by atoms with Crippen LogP contribution in [-0.4, -0.2) is 12.5 Å². The fourth-order valence-electron chi connectivity index (χ4n) is 2.84. The zero-order valence-corrected chi connectivity index (χ0v) is 13.2. The summed E-state index contributed by atoms with van der Waals surface area (Å²) in [5.74, 6) is -0.178. The van der Waals surface area contributed by atoms with Crippen LogP contribution in [0.3, 0.4) is 0 Å². The third kappa shape index (κ3) is 3.54. The van der Waals surface area contributed by atoms with Crippen LogP contribution >= 0.6 is 0 Å². The Morgan fingerprint density at radius 2 is 1.92 bits per heavy atom. The van der Waals surface area contributed by atoms with Gasteiger partial charge in [-0.05, 0) is 36.2 Å². The Hall–Kier alpha value is -2.47. The molecule has 0 radical (unpaired) electrons. The van der Waals surface area contributed by atoms with E-state index in [1.54, 1.807) is 31.2 Å². The van der Waals surface area contributed by atoms with Crippen molar-refractivity contribution in [2.75, 3.05) is 0 Å². The van der Waals surface area contributed by atoms with Crippen molar-refractivity contribution in [2.24, 2.45) is 0 Å². The van der Waals surface area contributed by atoms with Crippen LogP contribution in [0.2, 0.25) is 0 Å². The molecule has 1 unspecified atom stereocenters. The molecule has 0 fully saturated rings. The van der Waals surface area contributed by atoms with E-state index < -0.39 is 12.7 Å². The second kappa shape index (κ2) is 6.97. The number of amides is 1. The van der Waals surface area contributed by atoms with E-state index in [0.29, 0.717) is 11.1 Å². The number of ether oxygens (including phenoxy) is 1. The molecule has 0 saturated carbocycles. The summed E-state index contributed by atoms with van der Waals surface area (Å²) in [5, 5.41) is 6.06. The largest absolute Gasteiger partial charge is 0.434 e. The molecule has 4 nitrogen and oxygen atoms in total. The fraction of sp³-hybridized carbons (Fsp3) is 0.278. The summed E-state index contributed by atoms with van der Waals surface area (Å²) in [7, 11) is 0. The molecule has 0 aromatic heterocycles. The van der Waals surface area contributed by atoms with Gasteiger partial charge in [-0.2, -0.15) is 8.78 Å².